The Hall–Kier alpha value is -0.620. The third-order valence-electron chi connectivity index (χ3n) is 2.26. The highest BCUT2D eigenvalue weighted by Gasteiger charge is 2.26. The number of thiocarbonyl (C=S) groups is 1. The van der Waals surface area contributed by atoms with Crippen molar-refractivity contribution in [1.29, 1.82) is 5.41 Å². The largest absolute Gasteiger partial charge is 0.296 e. The highest BCUT2D eigenvalue weighted by molar-refractivity contribution is 8.33. The molecular weight excluding hydrogens is 262 g/mol. The van der Waals surface area contributed by atoms with Crippen LogP contribution in [-0.2, 0) is 0 Å². The Labute approximate surface area is 109 Å². The predicted molar refractivity (Wildman–Crippen MR) is 73.0 cm³/mol. The Balaban J connectivity index is 2.24. The molecule has 1 aliphatic rings. The first-order valence-corrected chi connectivity index (χ1v) is 6.24. The van der Waals surface area contributed by atoms with Crippen LogP contribution in [0, 0.1) is 5.41 Å². The van der Waals surface area contributed by atoms with Gasteiger partial charge in [-0.05, 0) is 29.5 Å². The highest BCUT2D eigenvalue weighted by Crippen LogP contribution is 2.27. The molecule has 0 saturated carbocycles. The van der Waals surface area contributed by atoms with Crippen molar-refractivity contribution in [2.24, 2.45) is 0 Å². The average molecular weight is 272 g/mol. The van der Waals surface area contributed by atoms with Gasteiger partial charge in [0.1, 0.15) is 0 Å². The number of thioether (sulfide) groups is 1. The lowest BCUT2D eigenvalue weighted by Gasteiger charge is -2.32. The number of benzene rings is 1. The zero-order chi connectivity index (χ0) is 11.7. The molecule has 2 rings (SSSR count). The van der Waals surface area contributed by atoms with E-state index in [1.165, 1.54) is 11.8 Å². The zero-order valence-corrected chi connectivity index (χ0v) is 10.9. The summed E-state index contributed by atoms with van der Waals surface area (Å²) in [5.41, 5.74) is 4.17. The molecule has 1 aromatic rings. The fourth-order valence-corrected chi connectivity index (χ4v) is 2.54. The number of nitrogens with one attached hydrogen (secondary N) is 2. The average Bonchev–Trinajstić information content (AvgIpc) is 2.25. The highest BCUT2D eigenvalue weighted by atomic mass is 35.5. The number of hydrogen-bond donors (Lipinski definition) is 2. The third kappa shape index (κ3) is 2.38. The van der Waals surface area contributed by atoms with Gasteiger partial charge in [0.05, 0.1) is 11.1 Å². The van der Waals surface area contributed by atoms with Gasteiger partial charge in [-0.25, -0.2) is 5.43 Å². The second-order valence-electron chi connectivity index (χ2n) is 3.40. The van der Waals surface area contributed by atoms with Crippen molar-refractivity contribution in [2.75, 3.05) is 7.05 Å². The monoisotopic (exact) mass is 271 g/mol. The van der Waals surface area contributed by atoms with Crippen molar-refractivity contribution in [2.45, 2.75) is 6.04 Å². The maximum absolute atomic E-state index is 7.91. The van der Waals surface area contributed by atoms with E-state index in [1.54, 1.807) is 5.01 Å². The smallest absolute Gasteiger partial charge is 0.156 e. The van der Waals surface area contributed by atoms with Gasteiger partial charge in [0.15, 0.2) is 4.32 Å². The summed E-state index contributed by atoms with van der Waals surface area (Å²) in [4.78, 5) is 0. The summed E-state index contributed by atoms with van der Waals surface area (Å²) < 4.78 is 0.662. The summed E-state index contributed by atoms with van der Waals surface area (Å²) in [7, 11) is 1.85. The molecule has 1 aromatic carbocycles. The van der Waals surface area contributed by atoms with Gasteiger partial charge in [-0.15, -0.1) is 0 Å². The Morgan fingerprint density at radius 3 is 2.69 bits per heavy atom. The van der Waals surface area contributed by atoms with Crippen molar-refractivity contribution >= 4 is 44.9 Å². The van der Waals surface area contributed by atoms with Crippen LogP contribution < -0.4 is 5.43 Å². The summed E-state index contributed by atoms with van der Waals surface area (Å²) >= 11 is 12.2. The SMILES string of the molecule is CN1NC(c2ccc(Cl)cc2)C(=N)SC1=S. The van der Waals surface area contributed by atoms with Crippen LogP contribution in [-0.4, -0.2) is 21.4 Å². The van der Waals surface area contributed by atoms with E-state index >= 15 is 0 Å². The molecule has 6 heteroatoms. The summed E-state index contributed by atoms with van der Waals surface area (Å²) in [5, 5.41) is 10.9. The molecule has 0 aromatic heterocycles. The van der Waals surface area contributed by atoms with E-state index in [9.17, 15) is 0 Å². The van der Waals surface area contributed by atoms with Crippen LogP contribution in [0.15, 0.2) is 24.3 Å². The van der Waals surface area contributed by atoms with Crippen molar-refractivity contribution < 1.29 is 0 Å². The molecule has 0 spiro atoms. The van der Waals surface area contributed by atoms with Crippen molar-refractivity contribution in [3.63, 3.8) is 0 Å². The molecule has 1 unspecified atom stereocenters. The van der Waals surface area contributed by atoms with Crippen LogP contribution in [0.25, 0.3) is 0 Å². The standard InChI is InChI=1S/C10H10ClN3S2/c1-14-10(15)16-9(12)8(13-14)6-2-4-7(11)5-3-6/h2-5,8,12-13H,1H3. The molecule has 0 radical (unpaired) electrons. The Morgan fingerprint density at radius 2 is 2.06 bits per heavy atom. The lowest BCUT2D eigenvalue weighted by Crippen LogP contribution is -2.46. The Kier molecular flexibility index (Phi) is 3.49. The summed E-state index contributed by atoms with van der Waals surface area (Å²) in [6.07, 6.45) is 0. The van der Waals surface area contributed by atoms with Gasteiger partial charge < -0.3 is 0 Å². The van der Waals surface area contributed by atoms with Crippen LogP contribution in [0.5, 0.6) is 0 Å². The maximum Gasteiger partial charge on any atom is 0.156 e. The van der Waals surface area contributed by atoms with Gasteiger partial charge >= 0.3 is 0 Å². The molecule has 3 nitrogen and oxygen atoms in total. The van der Waals surface area contributed by atoms with E-state index in [-0.39, 0.29) is 6.04 Å². The number of hydrazine groups is 1. The van der Waals surface area contributed by atoms with Crippen LogP contribution >= 0.6 is 35.6 Å². The molecule has 0 aliphatic carbocycles. The molecule has 1 aliphatic heterocycles. The second kappa shape index (κ2) is 4.71. The van der Waals surface area contributed by atoms with Crippen LogP contribution in [0.4, 0.5) is 0 Å². The van der Waals surface area contributed by atoms with Crippen molar-refractivity contribution in [3.05, 3.63) is 34.9 Å². The summed E-state index contributed by atoms with van der Waals surface area (Å²) in [6.45, 7) is 0. The van der Waals surface area contributed by atoms with Crippen molar-refractivity contribution in [3.8, 4) is 0 Å². The number of halogens is 1. The Morgan fingerprint density at radius 1 is 1.44 bits per heavy atom. The van der Waals surface area contributed by atoms with Crippen LogP contribution in [0.3, 0.4) is 0 Å². The molecule has 1 fully saturated rings. The third-order valence-corrected chi connectivity index (χ3v) is 3.94. The number of hydrogen-bond acceptors (Lipinski definition) is 4. The number of nitrogens with zero attached hydrogens (tertiary/aromatic N) is 1. The zero-order valence-electron chi connectivity index (χ0n) is 8.53. The van der Waals surface area contributed by atoms with Crippen LogP contribution in [0.2, 0.25) is 5.02 Å². The minimum absolute atomic E-state index is 0.140. The lowest BCUT2D eigenvalue weighted by molar-refractivity contribution is 0.355. The maximum atomic E-state index is 7.91. The van der Waals surface area contributed by atoms with Gasteiger partial charge in [-0.3, -0.25) is 10.4 Å². The van der Waals surface area contributed by atoms with Gasteiger partial charge in [0, 0.05) is 12.1 Å². The first-order valence-electron chi connectivity index (χ1n) is 4.63. The summed E-state index contributed by atoms with van der Waals surface area (Å²) in [5.74, 6) is 0. The minimum Gasteiger partial charge on any atom is -0.296 e. The molecule has 1 heterocycles. The predicted octanol–water partition coefficient (Wildman–Crippen LogP) is 2.83. The molecule has 0 amide bonds. The van der Waals surface area contributed by atoms with Gasteiger partial charge in [0.2, 0.25) is 0 Å². The van der Waals surface area contributed by atoms with Gasteiger partial charge in [0.25, 0.3) is 0 Å². The first kappa shape index (κ1) is 11.9. The summed E-state index contributed by atoms with van der Waals surface area (Å²) in [6, 6.07) is 7.33. The normalized spacial score (nSPS) is 21.4. The molecule has 84 valence electrons. The fraction of sp³-hybridized carbons (Fsp3) is 0.200. The first-order chi connectivity index (χ1) is 7.58. The van der Waals surface area contributed by atoms with Crippen LogP contribution in [0.1, 0.15) is 11.6 Å². The minimum atomic E-state index is -0.140. The van der Waals surface area contributed by atoms with E-state index < -0.39 is 0 Å². The van der Waals surface area contributed by atoms with Gasteiger partial charge in [-0.2, -0.15) is 0 Å². The van der Waals surface area contributed by atoms with E-state index in [0.717, 1.165) is 5.56 Å². The number of rotatable bonds is 1. The molecule has 2 N–H and O–H groups in total. The van der Waals surface area contributed by atoms with E-state index in [1.807, 2.05) is 31.3 Å². The van der Waals surface area contributed by atoms with E-state index in [0.29, 0.717) is 14.4 Å². The fourth-order valence-electron chi connectivity index (χ4n) is 1.41. The Bertz CT molecular complexity index is 432. The second-order valence-corrected chi connectivity index (χ2v) is 5.52. The topological polar surface area (TPSA) is 39.1 Å². The van der Waals surface area contributed by atoms with Crippen molar-refractivity contribution in [1.82, 2.24) is 10.4 Å². The molecule has 0 bridgehead atoms. The molecule has 1 saturated heterocycles. The molecular formula is C10H10ClN3S2. The van der Waals surface area contributed by atoms with E-state index in [2.05, 4.69) is 5.43 Å². The molecule has 16 heavy (non-hydrogen) atoms. The van der Waals surface area contributed by atoms with E-state index in [4.69, 9.17) is 29.2 Å². The quantitative estimate of drug-likeness (QED) is 0.771. The lowest BCUT2D eigenvalue weighted by atomic mass is 10.1. The molecule has 1 atom stereocenters. The van der Waals surface area contributed by atoms with Gasteiger partial charge in [-0.1, -0.05) is 36.0 Å².